The van der Waals surface area contributed by atoms with Gasteiger partial charge in [0.15, 0.2) is 0 Å². The number of aliphatic hydroxyl groups is 2. The van der Waals surface area contributed by atoms with Gasteiger partial charge in [-0.1, -0.05) is 0 Å². The Morgan fingerprint density at radius 3 is 2.63 bits per heavy atom. The van der Waals surface area contributed by atoms with E-state index in [-0.39, 0.29) is 23.5 Å². The lowest BCUT2D eigenvalue weighted by molar-refractivity contribution is -0.147. The summed E-state index contributed by atoms with van der Waals surface area (Å²) in [5.41, 5.74) is 10.9. The largest absolute Gasteiger partial charge is 0.466 e. The Kier molecular flexibility index (Phi) is 5.08. The number of aliphatic hydroxyl groups excluding tert-OH is 2. The molecule has 0 bridgehead atoms. The Labute approximate surface area is 109 Å². The number of nitrogen functional groups attached to an aromatic ring is 2. The van der Waals surface area contributed by atoms with Crippen molar-refractivity contribution in [3.05, 3.63) is 23.5 Å². The molecule has 0 radical (unpaired) electrons. The van der Waals surface area contributed by atoms with E-state index in [1.807, 2.05) is 0 Å². The minimum atomic E-state index is -1.53. The average molecular weight is 272 g/mol. The van der Waals surface area contributed by atoms with Crippen molar-refractivity contribution in [2.75, 3.05) is 18.1 Å². The third kappa shape index (κ3) is 3.80. The lowest BCUT2D eigenvalue weighted by Gasteiger charge is -2.19. The van der Waals surface area contributed by atoms with Crippen LogP contribution in [0.3, 0.4) is 0 Å². The molecule has 2 unspecified atom stereocenters. The summed E-state index contributed by atoms with van der Waals surface area (Å²) in [7, 11) is 0. The highest BCUT2D eigenvalue weighted by Crippen LogP contribution is 2.30. The zero-order valence-electron chi connectivity index (χ0n) is 10.5. The van der Waals surface area contributed by atoms with Gasteiger partial charge >= 0.3 is 5.97 Å². The fourth-order valence-electron chi connectivity index (χ4n) is 1.62. The predicted molar refractivity (Wildman–Crippen MR) is 67.4 cm³/mol. The van der Waals surface area contributed by atoms with E-state index in [1.165, 1.54) is 0 Å². The fraction of sp³-hybridized carbons (Fsp3) is 0.417. The molecule has 106 valence electrons. The minimum absolute atomic E-state index is 0.0307. The number of halogens is 1. The van der Waals surface area contributed by atoms with E-state index in [0.717, 1.165) is 12.1 Å². The molecule has 0 heterocycles. The maximum Gasteiger partial charge on any atom is 0.308 e. The summed E-state index contributed by atoms with van der Waals surface area (Å²) in [5.74, 6) is -1.36. The molecule has 19 heavy (non-hydrogen) atoms. The van der Waals surface area contributed by atoms with Gasteiger partial charge < -0.3 is 26.4 Å². The standard InChI is InChI=1S/C12H17FN2O4/c1-2-19-10(17)5-9(16)12(18)7-3-6(13)4-8(14)11(7)15/h3-4,9,12,16,18H,2,5,14-15H2,1H3. The number of ether oxygens (including phenoxy) is 1. The van der Waals surface area contributed by atoms with E-state index in [0.29, 0.717) is 0 Å². The molecule has 0 saturated heterocycles. The molecule has 7 heteroatoms. The van der Waals surface area contributed by atoms with Gasteiger partial charge in [-0.3, -0.25) is 4.79 Å². The normalized spacial score (nSPS) is 13.9. The lowest BCUT2D eigenvalue weighted by Crippen LogP contribution is -2.24. The van der Waals surface area contributed by atoms with Crippen LogP contribution >= 0.6 is 0 Å². The SMILES string of the molecule is CCOC(=O)CC(O)C(O)c1cc(F)cc(N)c1N. The van der Waals surface area contributed by atoms with Crippen molar-refractivity contribution in [2.45, 2.75) is 25.6 Å². The molecule has 1 aromatic rings. The van der Waals surface area contributed by atoms with Gasteiger partial charge in [0, 0.05) is 5.56 Å². The molecule has 1 rings (SSSR count). The van der Waals surface area contributed by atoms with E-state index >= 15 is 0 Å². The number of hydrogen-bond acceptors (Lipinski definition) is 6. The number of benzene rings is 1. The summed E-state index contributed by atoms with van der Waals surface area (Å²) < 4.78 is 17.8. The summed E-state index contributed by atoms with van der Waals surface area (Å²) >= 11 is 0. The molecule has 0 aliphatic carbocycles. The lowest BCUT2D eigenvalue weighted by atomic mass is 9.99. The van der Waals surface area contributed by atoms with Crippen LogP contribution in [-0.2, 0) is 9.53 Å². The van der Waals surface area contributed by atoms with Crippen LogP contribution in [0.2, 0.25) is 0 Å². The van der Waals surface area contributed by atoms with Crippen LogP contribution in [0.25, 0.3) is 0 Å². The summed E-state index contributed by atoms with van der Waals surface area (Å²) in [6.45, 7) is 1.78. The van der Waals surface area contributed by atoms with Gasteiger partial charge in [-0.2, -0.15) is 0 Å². The number of anilines is 2. The molecule has 0 aliphatic heterocycles. The average Bonchev–Trinajstić information content (AvgIpc) is 2.33. The topological polar surface area (TPSA) is 119 Å². The van der Waals surface area contributed by atoms with Crippen LogP contribution in [0.15, 0.2) is 12.1 Å². The van der Waals surface area contributed by atoms with Crippen LogP contribution in [-0.4, -0.2) is 28.9 Å². The molecule has 0 amide bonds. The number of carbonyl (C=O) groups excluding carboxylic acids is 1. The van der Waals surface area contributed by atoms with Crippen molar-refractivity contribution in [2.24, 2.45) is 0 Å². The maximum atomic E-state index is 13.2. The van der Waals surface area contributed by atoms with Crippen LogP contribution < -0.4 is 11.5 Å². The van der Waals surface area contributed by atoms with Crippen LogP contribution in [0, 0.1) is 5.82 Å². The number of carbonyl (C=O) groups is 1. The molecule has 0 fully saturated rings. The van der Waals surface area contributed by atoms with E-state index in [9.17, 15) is 19.4 Å². The Morgan fingerprint density at radius 1 is 1.42 bits per heavy atom. The minimum Gasteiger partial charge on any atom is -0.466 e. The highest BCUT2D eigenvalue weighted by atomic mass is 19.1. The Balaban J connectivity index is 2.88. The van der Waals surface area contributed by atoms with Gasteiger partial charge in [-0.05, 0) is 19.1 Å². The smallest absolute Gasteiger partial charge is 0.308 e. The first kappa shape index (κ1) is 15.2. The number of rotatable bonds is 5. The van der Waals surface area contributed by atoms with E-state index in [2.05, 4.69) is 4.74 Å². The van der Waals surface area contributed by atoms with Crippen LogP contribution in [0.4, 0.5) is 15.8 Å². The van der Waals surface area contributed by atoms with Gasteiger partial charge in [0.25, 0.3) is 0 Å². The Morgan fingerprint density at radius 2 is 2.05 bits per heavy atom. The first-order chi connectivity index (χ1) is 8.86. The third-order valence-corrected chi connectivity index (χ3v) is 2.57. The van der Waals surface area contributed by atoms with Crippen LogP contribution in [0.5, 0.6) is 0 Å². The molecular formula is C12H17FN2O4. The van der Waals surface area contributed by atoms with E-state index < -0.39 is 30.4 Å². The quantitative estimate of drug-likeness (QED) is 0.453. The van der Waals surface area contributed by atoms with Gasteiger partial charge in [-0.15, -0.1) is 0 Å². The first-order valence-corrected chi connectivity index (χ1v) is 5.73. The fourth-order valence-corrected chi connectivity index (χ4v) is 1.62. The zero-order valence-corrected chi connectivity index (χ0v) is 10.5. The molecule has 0 aromatic heterocycles. The van der Waals surface area contributed by atoms with Crippen LogP contribution in [0.1, 0.15) is 25.0 Å². The molecule has 2 atom stereocenters. The zero-order chi connectivity index (χ0) is 14.6. The van der Waals surface area contributed by atoms with Crippen molar-refractivity contribution in [3.63, 3.8) is 0 Å². The van der Waals surface area contributed by atoms with Gasteiger partial charge in [0.2, 0.25) is 0 Å². The summed E-state index contributed by atoms with van der Waals surface area (Å²) in [4.78, 5) is 11.2. The summed E-state index contributed by atoms with van der Waals surface area (Å²) in [5, 5.41) is 19.6. The first-order valence-electron chi connectivity index (χ1n) is 5.73. The molecule has 0 aliphatic rings. The Bertz CT molecular complexity index is 467. The number of esters is 1. The molecule has 0 saturated carbocycles. The highest BCUT2D eigenvalue weighted by Gasteiger charge is 2.25. The second kappa shape index (κ2) is 6.35. The second-order valence-electron chi connectivity index (χ2n) is 4.02. The summed E-state index contributed by atoms with van der Waals surface area (Å²) in [6, 6.07) is 1.97. The van der Waals surface area contributed by atoms with E-state index in [4.69, 9.17) is 11.5 Å². The molecule has 6 nitrogen and oxygen atoms in total. The Hall–Kier alpha value is -1.86. The van der Waals surface area contributed by atoms with Gasteiger partial charge in [-0.25, -0.2) is 4.39 Å². The monoisotopic (exact) mass is 272 g/mol. The molecule has 1 aromatic carbocycles. The van der Waals surface area contributed by atoms with Crippen molar-refractivity contribution in [1.82, 2.24) is 0 Å². The third-order valence-electron chi connectivity index (χ3n) is 2.57. The van der Waals surface area contributed by atoms with Crippen molar-refractivity contribution in [3.8, 4) is 0 Å². The number of hydrogen-bond donors (Lipinski definition) is 4. The number of nitrogens with two attached hydrogens (primary N) is 2. The van der Waals surface area contributed by atoms with Gasteiger partial charge in [0.05, 0.1) is 30.5 Å². The predicted octanol–water partition coefficient (Wildman–Crippen LogP) is 0.338. The van der Waals surface area contributed by atoms with Crippen molar-refractivity contribution in [1.29, 1.82) is 0 Å². The second-order valence-corrected chi connectivity index (χ2v) is 4.02. The molecular weight excluding hydrogens is 255 g/mol. The maximum absolute atomic E-state index is 13.2. The molecule has 6 N–H and O–H groups in total. The van der Waals surface area contributed by atoms with Gasteiger partial charge in [0.1, 0.15) is 11.9 Å². The molecule has 0 spiro atoms. The van der Waals surface area contributed by atoms with E-state index in [1.54, 1.807) is 6.92 Å². The highest BCUT2D eigenvalue weighted by molar-refractivity contribution is 5.71. The van der Waals surface area contributed by atoms with Crippen molar-refractivity contribution >= 4 is 17.3 Å². The van der Waals surface area contributed by atoms with Crippen molar-refractivity contribution < 1.29 is 24.1 Å². The summed E-state index contributed by atoms with van der Waals surface area (Å²) in [6.07, 6.45) is -3.41.